The molecule has 21 nitrogen and oxygen atoms in total. The van der Waals surface area contributed by atoms with E-state index in [0.29, 0.717) is 107 Å². The number of hydrogen-bond acceptors (Lipinski definition) is 20. The zero-order valence-electron chi connectivity index (χ0n) is 47.8. The number of hydrogen-bond donors (Lipinski definition) is 2. The normalized spacial score (nSPS) is 10.3. The summed E-state index contributed by atoms with van der Waals surface area (Å²) in [6, 6.07) is 41.1. The number of carboxylic acids is 1. The maximum Gasteiger partial charge on any atom is 0.343 e. The third kappa shape index (κ3) is 31.1. The molecule has 0 saturated heterocycles. The van der Waals surface area contributed by atoms with Crippen molar-refractivity contribution in [2.45, 2.75) is 13.8 Å². The van der Waals surface area contributed by atoms with E-state index in [9.17, 15) is 42.3 Å². The fraction of sp³-hybridized carbons (Fsp3) is 0.270. The average molecular weight is 1230 g/mol. The number of benzene rings is 6. The Hall–Kier alpha value is -8.90. The Kier molecular flexibility index (Phi) is 34.2. The summed E-state index contributed by atoms with van der Waals surface area (Å²) in [5, 5.41) is 18.0. The van der Waals surface area contributed by atoms with Gasteiger partial charge in [0.1, 0.15) is 49.4 Å². The van der Waals surface area contributed by atoms with Gasteiger partial charge >= 0.3 is 35.8 Å². The lowest BCUT2D eigenvalue weighted by atomic mass is 10.0. The summed E-state index contributed by atoms with van der Waals surface area (Å²) in [5.74, 6) is -1.25. The van der Waals surface area contributed by atoms with Crippen molar-refractivity contribution in [2.24, 2.45) is 0 Å². The van der Waals surface area contributed by atoms with Crippen LogP contribution in [-0.2, 0) is 56.5 Å². The molecule has 0 aromatic heterocycles. The van der Waals surface area contributed by atoms with E-state index in [2.05, 4.69) is 23.8 Å². The second-order valence-corrected chi connectivity index (χ2v) is 20.0. The molecule has 0 heterocycles. The summed E-state index contributed by atoms with van der Waals surface area (Å²) in [6.07, 6.45) is 3.12. The number of aromatic hydroxyl groups is 1. The number of ether oxygens (including phenoxy) is 11. The fourth-order valence-electron chi connectivity index (χ4n) is 6.54. The minimum Gasteiger partial charge on any atom is -0.508 e. The van der Waals surface area contributed by atoms with Crippen LogP contribution in [0.3, 0.4) is 0 Å². The number of rotatable bonds is 31. The quantitative estimate of drug-likeness (QED) is 0.0102. The molecule has 0 amide bonds. The predicted molar refractivity (Wildman–Crippen MR) is 319 cm³/mol. The van der Waals surface area contributed by atoms with Gasteiger partial charge in [-0.1, -0.05) is 61.7 Å². The molecule has 6 rings (SSSR count). The highest BCUT2D eigenvalue weighted by atomic mass is 35.7. The number of halogens is 1. The molecule has 2 N–H and O–H groups in total. The van der Waals surface area contributed by atoms with Crippen molar-refractivity contribution in [3.63, 3.8) is 0 Å². The van der Waals surface area contributed by atoms with Gasteiger partial charge in [-0.05, 0) is 133 Å². The Morgan fingerprint density at radius 2 is 0.698 bits per heavy atom. The van der Waals surface area contributed by atoms with Crippen molar-refractivity contribution in [3.05, 3.63) is 193 Å². The van der Waals surface area contributed by atoms with Crippen LogP contribution in [0, 0.1) is 0 Å². The molecular weight excluding hydrogens is 1160 g/mol. The van der Waals surface area contributed by atoms with Crippen molar-refractivity contribution in [2.75, 3.05) is 98.8 Å². The second kappa shape index (κ2) is 41.2. The largest absolute Gasteiger partial charge is 0.508 e. The molecule has 0 unspecified atom stereocenters. The van der Waals surface area contributed by atoms with E-state index in [4.69, 9.17) is 57.2 Å². The van der Waals surface area contributed by atoms with Gasteiger partial charge in [-0.15, -0.1) is 0 Å². The van der Waals surface area contributed by atoms with Crippen LogP contribution in [0.1, 0.15) is 55.3 Å². The number of phenolic OH excluding ortho intramolecular Hbond substituents is 1. The summed E-state index contributed by atoms with van der Waals surface area (Å²) >= 11 is 0. The highest BCUT2D eigenvalue weighted by Crippen LogP contribution is 2.25. The van der Waals surface area contributed by atoms with Crippen LogP contribution >= 0.6 is 10.7 Å². The number of carboxylic acid groups (broad SMARTS) is 1. The Morgan fingerprint density at radius 1 is 0.419 bits per heavy atom. The van der Waals surface area contributed by atoms with Crippen LogP contribution in [0.5, 0.6) is 23.0 Å². The zero-order chi connectivity index (χ0) is 63.0. The molecule has 6 aromatic rings. The molecular formula is C63H69ClO21S. The van der Waals surface area contributed by atoms with E-state index in [0.717, 1.165) is 40.7 Å². The fourth-order valence-corrected chi connectivity index (χ4v) is 6.54. The molecule has 0 aliphatic rings. The molecule has 0 atom stereocenters. The number of phenols is 1. The second-order valence-electron chi connectivity index (χ2n) is 17.0. The van der Waals surface area contributed by atoms with Gasteiger partial charge < -0.3 is 62.3 Å². The Bertz CT molecular complexity index is 3110. The summed E-state index contributed by atoms with van der Waals surface area (Å²) in [7, 11) is 1.31. The standard InChI is InChI=1S/C31H32O9.C16H20O7.C15H14O3.CH3ClO2S/c1-3-29(32)39-22-20-36-18-17-35-19-21-38-27-13-11-26(12-14-27)31(34)40-28-15-9-24(10-16-28)23-5-7-25(8-6-23)30(33)37-4-2;1-2-15(17)23-12-10-21-8-7-20-9-11-22-14-5-3-13(4-6-14)16(18)19;1-2-18-15(17)13-5-3-11(4-6-13)12-7-9-14(16)10-8-12;1-5(2,3)4/h3,5-16H,1,4,17-22H2,2H3;2-6H,1,7-12H2,(H,18,19);3-10,16H,2H2,1H3;1H3. The Balaban J connectivity index is 0.000000354. The molecule has 0 fully saturated rings. The van der Waals surface area contributed by atoms with Crippen LogP contribution in [0.4, 0.5) is 0 Å². The van der Waals surface area contributed by atoms with E-state index >= 15 is 0 Å². The number of esters is 5. The minimum atomic E-state index is -3.19. The van der Waals surface area contributed by atoms with Crippen LogP contribution < -0.4 is 14.2 Å². The molecule has 0 aliphatic carbocycles. The van der Waals surface area contributed by atoms with Crippen molar-refractivity contribution in [1.29, 1.82) is 0 Å². The highest BCUT2D eigenvalue weighted by Gasteiger charge is 2.12. The number of carbonyl (C=O) groups excluding carboxylic acids is 5. The van der Waals surface area contributed by atoms with Crippen LogP contribution in [0.2, 0.25) is 0 Å². The zero-order valence-corrected chi connectivity index (χ0v) is 49.3. The van der Waals surface area contributed by atoms with Crippen molar-refractivity contribution < 1.29 is 99.5 Å². The molecule has 0 aliphatic heterocycles. The third-order valence-corrected chi connectivity index (χ3v) is 10.6. The summed E-state index contributed by atoms with van der Waals surface area (Å²) in [4.78, 5) is 68.1. The molecule has 0 bridgehead atoms. The summed E-state index contributed by atoms with van der Waals surface area (Å²) in [6.45, 7) is 14.7. The first kappa shape index (κ1) is 71.4. The van der Waals surface area contributed by atoms with Crippen LogP contribution in [0.25, 0.3) is 22.3 Å². The van der Waals surface area contributed by atoms with Gasteiger partial charge in [-0.25, -0.2) is 37.2 Å². The van der Waals surface area contributed by atoms with E-state index in [-0.39, 0.29) is 43.1 Å². The van der Waals surface area contributed by atoms with E-state index < -0.39 is 32.9 Å². The maximum absolute atomic E-state index is 12.5. The Morgan fingerprint density at radius 3 is 1.03 bits per heavy atom. The monoisotopic (exact) mass is 1230 g/mol. The predicted octanol–water partition coefficient (Wildman–Crippen LogP) is 9.84. The van der Waals surface area contributed by atoms with Gasteiger partial charge in [0.15, 0.2) is 0 Å². The molecule has 0 spiro atoms. The molecule has 86 heavy (non-hydrogen) atoms. The average Bonchev–Trinajstić information content (AvgIpc) is 3.53. The first-order valence-corrected chi connectivity index (χ1v) is 29.2. The van der Waals surface area contributed by atoms with Gasteiger partial charge in [0.05, 0.1) is 94.6 Å². The van der Waals surface area contributed by atoms with Gasteiger partial charge in [-0.2, -0.15) is 0 Å². The highest BCUT2D eigenvalue weighted by molar-refractivity contribution is 8.13. The first-order valence-electron chi connectivity index (χ1n) is 26.5. The third-order valence-electron chi connectivity index (χ3n) is 10.6. The van der Waals surface area contributed by atoms with E-state index in [1.165, 1.54) is 12.1 Å². The summed E-state index contributed by atoms with van der Waals surface area (Å²) < 4.78 is 75.9. The Labute approximate surface area is 503 Å². The number of aromatic carboxylic acids is 1. The lowest BCUT2D eigenvalue weighted by molar-refractivity contribution is -0.140. The smallest absolute Gasteiger partial charge is 0.343 e. The lowest BCUT2D eigenvalue weighted by Crippen LogP contribution is -2.13. The van der Waals surface area contributed by atoms with Gasteiger partial charge in [0.2, 0.25) is 9.05 Å². The van der Waals surface area contributed by atoms with E-state index in [1.807, 2.05) is 48.5 Å². The maximum atomic E-state index is 12.5. The van der Waals surface area contributed by atoms with Crippen LogP contribution in [0.15, 0.2) is 171 Å². The minimum absolute atomic E-state index is 0.166. The molecule has 460 valence electrons. The van der Waals surface area contributed by atoms with E-state index in [1.54, 1.807) is 98.8 Å². The van der Waals surface area contributed by atoms with Crippen molar-refractivity contribution in [3.8, 4) is 45.3 Å². The molecule has 23 heteroatoms. The first-order chi connectivity index (χ1) is 41.3. The molecule has 0 radical (unpaired) electrons. The van der Waals surface area contributed by atoms with Crippen molar-refractivity contribution >= 4 is 55.5 Å². The van der Waals surface area contributed by atoms with Gasteiger partial charge in [-0.3, -0.25) is 0 Å². The number of carbonyl (C=O) groups is 6. The lowest BCUT2D eigenvalue weighted by Gasteiger charge is -2.09. The topological polar surface area (TPSA) is 279 Å². The van der Waals surface area contributed by atoms with Gasteiger partial charge in [0, 0.05) is 22.8 Å². The van der Waals surface area contributed by atoms with Gasteiger partial charge in [0.25, 0.3) is 0 Å². The molecule has 0 saturated carbocycles. The summed E-state index contributed by atoms with van der Waals surface area (Å²) in [5.41, 5.74) is 5.45. The van der Waals surface area contributed by atoms with Crippen molar-refractivity contribution in [1.82, 2.24) is 0 Å². The molecule has 6 aromatic carbocycles. The SMILES string of the molecule is C=CC(=O)OCCOCCOCCOc1ccc(C(=O)O)cc1.C=CC(=O)OCCOCCOCCOc1ccc(C(=O)Oc2ccc(-c3ccc(C(=O)OCC)cc3)cc2)cc1.CCOC(=O)c1ccc(-c2ccc(O)cc2)cc1.CS(=O)(=O)Cl. The van der Waals surface area contributed by atoms with Crippen LogP contribution in [-0.4, -0.2) is 153 Å².